The van der Waals surface area contributed by atoms with Crippen LogP contribution in [-0.4, -0.2) is 35.7 Å². The van der Waals surface area contributed by atoms with Crippen LogP contribution in [0.2, 0.25) is 0 Å². The van der Waals surface area contributed by atoms with E-state index in [1.807, 2.05) is 6.92 Å². The number of amides is 1. The predicted molar refractivity (Wildman–Crippen MR) is 68.7 cm³/mol. The lowest BCUT2D eigenvalue weighted by Gasteiger charge is -2.31. The number of hydrogen-bond donors (Lipinski definition) is 3. The minimum atomic E-state index is -0.237. The lowest BCUT2D eigenvalue weighted by Crippen LogP contribution is -2.55. The van der Waals surface area contributed by atoms with Gasteiger partial charge in [0, 0.05) is 12.1 Å². The fourth-order valence-electron chi connectivity index (χ4n) is 2.38. The van der Waals surface area contributed by atoms with Crippen molar-refractivity contribution in [3.63, 3.8) is 0 Å². The van der Waals surface area contributed by atoms with Crippen LogP contribution in [-0.2, 0) is 4.79 Å². The van der Waals surface area contributed by atoms with Crippen LogP contribution < -0.4 is 10.6 Å². The molecule has 0 heterocycles. The third-order valence-electron chi connectivity index (χ3n) is 3.46. The molecule has 100 valence electrons. The van der Waals surface area contributed by atoms with Gasteiger partial charge >= 0.3 is 0 Å². The lowest BCUT2D eigenvalue weighted by atomic mass is 9.97. The number of aliphatic hydroxyl groups excluding tert-OH is 1. The molecule has 0 aromatic carbocycles. The maximum Gasteiger partial charge on any atom is 0.236 e. The second-order valence-electron chi connectivity index (χ2n) is 5.65. The van der Waals surface area contributed by atoms with Gasteiger partial charge in [-0.25, -0.2) is 0 Å². The minimum Gasteiger partial charge on any atom is -0.394 e. The minimum absolute atomic E-state index is 0.0263. The highest BCUT2D eigenvalue weighted by Gasteiger charge is 2.35. The number of carbonyl (C=O) groups is 1. The normalized spacial score (nSPS) is 20.5. The van der Waals surface area contributed by atoms with Gasteiger partial charge in [-0.15, -0.1) is 0 Å². The average molecular weight is 242 g/mol. The fourth-order valence-corrected chi connectivity index (χ4v) is 2.38. The monoisotopic (exact) mass is 242 g/mol. The van der Waals surface area contributed by atoms with E-state index < -0.39 is 0 Å². The third-order valence-corrected chi connectivity index (χ3v) is 3.46. The molecule has 1 aliphatic rings. The molecule has 1 aliphatic carbocycles. The average Bonchev–Trinajstić information content (AvgIpc) is 2.75. The largest absolute Gasteiger partial charge is 0.394 e. The molecule has 17 heavy (non-hydrogen) atoms. The zero-order valence-electron chi connectivity index (χ0n) is 11.3. The number of rotatable bonds is 6. The SMILES string of the molecule is CC(C)CNC(=O)C(C)NC1(CO)CCCC1. The van der Waals surface area contributed by atoms with Crippen molar-refractivity contribution in [3.05, 3.63) is 0 Å². The quantitative estimate of drug-likeness (QED) is 0.652. The van der Waals surface area contributed by atoms with Crippen molar-refractivity contribution >= 4 is 5.91 Å². The van der Waals surface area contributed by atoms with E-state index in [-0.39, 0.29) is 24.1 Å². The van der Waals surface area contributed by atoms with E-state index in [1.165, 1.54) is 0 Å². The maximum atomic E-state index is 11.8. The predicted octanol–water partition coefficient (Wildman–Crippen LogP) is 1.04. The highest BCUT2D eigenvalue weighted by Crippen LogP contribution is 2.29. The van der Waals surface area contributed by atoms with Gasteiger partial charge in [-0.05, 0) is 25.7 Å². The lowest BCUT2D eigenvalue weighted by molar-refractivity contribution is -0.123. The maximum absolute atomic E-state index is 11.8. The molecule has 0 saturated heterocycles. The molecule has 3 N–H and O–H groups in total. The molecule has 1 atom stereocenters. The van der Waals surface area contributed by atoms with Crippen molar-refractivity contribution in [1.29, 1.82) is 0 Å². The molecule has 0 aromatic rings. The van der Waals surface area contributed by atoms with E-state index in [2.05, 4.69) is 24.5 Å². The van der Waals surface area contributed by atoms with Crippen molar-refractivity contribution in [2.75, 3.05) is 13.2 Å². The second-order valence-corrected chi connectivity index (χ2v) is 5.65. The van der Waals surface area contributed by atoms with Crippen LogP contribution in [0.5, 0.6) is 0 Å². The number of hydrogen-bond acceptors (Lipinski definition) is 3. The Labute approximate surface area is 104 Å². The van der Waals surface area contributed by atoms with Gasteiger partial charge in [-0.2, -0.15) is 0 Å². The fraction of sp³-hybridized carbons (Fsp3) is 0.923. The molecule has 0 spiro atoms. The van der Waals surface area contributed by atoms with E-state index in [9.17, 15) is 9.90 Å². The summed E-state index contributed by atoms with van der Waals surface area (Å²) in [6, 6.07) is -0.237. The van der Waals surface area contributed by atoms with Crippen LogP contribution in [0.15, 0.2) is 0 Å². The molecular formula is C13H26N2O2. The molecule has 1 saturated carbocycles. The Morgan fingerprint density at radius 3 is 2.35 bits per heavy atom. The van der Waals surface area contributed by atoms with E-state index in [1.54, 1.807) is 0 Å². The first-order valence-corrected chi connectivity index (χ1v) is 6.65. The van der Waals surface area contributed by atoms with Gasteiger partial charge in [0.1, 0.15) is 0 Å². The van der Waals surface area contributed by atoms with E-state index >= 15 is 0 Å². The summed E-state index contributed by atoms with van der Waals surface area (Å²) in [7, 11) is 0. The number of aliphatic hydroxyl groups is 1. The Morgan fingerprint density at radius 2 is 1.88 bits per heavy atom. The Kier molecular flexibility index (Phi) is 5.40. The zero-order valence-corrected chi connectivity index (χ0v) is 11.3. The summed E-state index contributed by atoms with van der Waals surface area (Å²) in [6.07, 6.45) is 4.19. The van der Waals surface area contributed by atoms with Crippen molar-refractivity contribution in [1.82, 2.24) is 10.6 Å². The Hall–Kier alpha value is -0.610. The van der Waals surface area contributed by atoms with Crippen LogP contribution in [0.3, 0.4) is 0 Å². The molecule has 0 bridgehead atoms. The van der Waals surface area contributed by atoms with Crippen LogP contribution in [0.4, 0.5) is 0 Å². The smallest absolute Gasteiger partial charge is 0.236 e. The number of nitrogens with one attached hydrogen (secondary N) is 2. The molecule has 4 heteroatoms. The van der Waals surface area contributed by atoms with Crippen LogP contribution in [0.1, 0.15) is 46.5 Å². The van der Waals surface area contributed by atoms with Gasteiger partial charge in [-0.1, -0.05) is 26.7 Å². The molecule has 0 aromatic heterocycles. The van der Waals surface area contributed by atoms with E-state index in [4.69, 9.17) is 0 Å². The van der Waals surface area contributed by atoms with E-state index in [0.717, 1.165) is 25.7 Å². The summed E-state index contributed by atoms with van der Waals surface area (Å²) < 4.78 is 0. The van der Waals surface area contributed by atoms with Crippen LogP contribution in [0.25, 0.3) is 0 Å². The number of carbonyl (C=O) groups excluding carboxylic acids is 1. The van der Waals surface area contributed by atoms with Crippen LogP contribution in [0, 0.1) is 5.92 Å². The van der Waals surface area contributed by atoms with Gasteiger partial charge in [0.15, 0.2) is 0 Å². The highest BCUT2D eigenvalue weighted by molar-refractivity contribution is 5.81. The van der Waals surface area contributed by atoms with Gasteiger partial charge in [-0.3, -0.25) is 10.1 Å². The first-order chi connectivity index (χ1) is 7.99. The summed E-state index contributed by atoms with van der Waals surface area (Å²) in [4.78, 5) is 11.8. The van der Waals surface area contributed by atoms with Crippen molar-refractivity contribution < 1.29 is 9.90 Å². The van der Waals surface area contributed by atoms with Gasteiger partial charge < -0.3 is 10.4 Å². The Balaban J connectivity index is 2.41. The second kappa shape index (κ2) is 6.36. The summed E-state index contributed by atoms with van der Waals surface area (Å²) in [5, 5.41) is 15.7. The molecule has 1 amide bonds. The molecule has 0 aliphatic heterocycles. The zero-order chi connectivity index (χ0) is 12.9. The molecule has 4 nitrogen and oxygen atoms in total. The van der Waals surface area contributed by atoms with Crippen molar-refractivity contribution in [2.45, 2.75) is 58.0 Å². The molecule has 1 unspecified atom stereocenters. The standard InChI is InChI=1S/C13H26N2O2/c1-10(2)8-14-12(17)11(3)15-13(9-16)6-4-5-7-13/h10-11,15-16H,4-9H2,1-3H3,(H,14,17). The first-order valence-electron chi connectivity index (χ1n) is 6.65. The van der Waals surface area contributed by atoms with E-state index in [0.29, 0.717) is 12.5 Å². The summed E-state index contributed by atoms with van der Waals surface area (Å²) in [5.74, 6) is 0.489. The van der Waals surface area contributed by atoms with Gasteiger partial charge in [0.05, 0.1) is 12.6 Å². The van der Waals surface area contributed by atoms with Gasteiger partial charge in [0.25, 0.3) is 0 Å². The summed E-state index contributed by atoms with van der Waals surface area (Å²) >= 11 is 0. The molecule has 1 rings (SSSR count). The first kappa shape index (κ1) is 14.5. The highest BCUT2D eigenvalue weighted by atomic mass is 16.3. The van der Waals surface area contributed by atoms with Gasteiger partial charge in [0.2, 0.25) is 5.91 Å². The molecule has 1 fully saturated rings. The van der Waals surface area contributed by atoms with Crippen molar-refractivity contribution in [2.24, 2.45) is 5.92 Å². The summed E-state index contributed by atoms with van der Waals surface area (Å²) in [6.45, 7) is 6.84. The molecular weight excluding hydrogens is 216 g/mol. The molecule has 0 radical (unpaired) electrons. The van der Waals surface area contributed by atoms with Crippen molar-refractivity contribution in [3.8, 4) is 0 Å². The Bertz CT molecular complexity index is 248. The Morgan fingerprint density at radius 1 is 1.29 bits per heavy atom. The topological polar surface area (TPSA) is 61.4 Å². The summed E-state index contributed by atoms with van der Waals surface area (Å²) in [5.41, 5.74) is -0.228. The third kappa shape index (κ3) is 4.28. The van der Waals surface area contributed by atoms with Crippen LogP contribution >= 0.6 is 0 Å².